The minimum absolute atomic E-state index is 0.319. The quantitative estimate of drug-likeness (QED) is 0.758. The van der Waals surface area contributed by atoms with Crippen molar-refractivity contribution in [3.05, 3.63) is 27.6 Å². The fourth-order valence-corrected chi connectivity index (χ4v) is 2.00. The maximum Gasteiger partial charge on any atom is 0.372 e. The lowest BCUT2D eigenvalue weighted by Gasteiger charge is -2.04. The molecule has 6 nitrogen and oxygen atoms in total. The molecule has 2 N–H and O–H groups in total. The van der Waals surface area contributed by atoms with Crippen LogP contribution < -0.4 is 5.56 Å². The number of thiophene rings is 1. The predicted molar refractivity (Wildman–Crippen MR) is 53.1 cm³/mol. The largest absolute Gasteiger partial charge is 0.475 e. The van der Waals surface area contributed by atoms with Crippen LogP contribution in [0.25, 0.3) is 10.2 Å². The highest BCUT2D eigenvalue weighted by Gasteiger charge is 2.16. The van der Waals surface area contributed by atoms with Gasteiger partial charge in [0.25, 0.3) is 5.56 Å². The Labute approximate surface area is 87.0 Å². The topological polar surface area (TPSA) is 92.4 Å². The van der Waals surface area contributed by atoms with Gasteiger partial charge in [-0.2, -0.15) is 0 Å². The molecular formula is C8H6N2O4S. The van der Waals surface area contributed by atoms with Crippen molar-refractivity contribution >= 4 is 27.5 Å². The molecule has 0 spiro atoms. The van der Waals surface area contributed by atoms with Crippen LogP contribution in [0.3, 0.4) is 0 Å². The Balaban J connectivity index is 2.91. The van der Waals surface area contributed by atoms with E-state index in [2.05, 4.69) is 4.98 Å². The lowest BCUT2D eigenvalue weighted by molar-refractivity contribution is 0.0662. The Kier molecular flexibility index (Phi) is 2.25. The maximum atomic E-state index is 11.7. The van der Waals surface area contributed by atoms with Gasteiger partial charge < -0.3 is 10.2 Å². The first-order chi connectivity index (χ1) is 7.15. The number of carboxylic acids is 1. The fraction of sp³-hybridized carbons (Fsp3) is 0.125. The zero-order valence-corrected chi connectivity index (χ0v) is 8.19. The first kappa shape index (κ1) is 9.81. The standard InChI is InChI=1S/C8H6N2O4S/c11-3-10-5(8(13)14)9-6-4(7(10)12)1-2-15-6/h1-2,11H,3H2,(H,13,14). The van der Waals surface area contributed by atoms with Crippen LogP contribution in [0.15, 0.2) is 16.2 Å². The third-order valence-electron chi connectivity index (χ3n) is 1.92. The number of hydrogen-bond donors (Lipinski definition) is 2. The van der Waals surface area contributed by atoms with E-state index in [1.807, 2.05) is 0 Å². The number of carboxylic acid groups (broad SMARTS) is 1. The van der Waals surface area contributed by atoms with Crippen LogP contribution in [0, 0.1) is 0 Å². The van der Waals surface area contributed by atoms with Crippen molar-refractivity contribution in [3.63, 3.8) is 0 Å². The number of rotatable bonds is 2. The lowest BCUT2D eigenvalue weighted by atomic mass is 10.4. The summed E-state index contributed by atoms with van der Waals surface area (Å²) in [7, 11) is 0. The van der Waals surface area contributed by atoms with E-state index in [0.717, 1.165) is 4.57 Å². The Bertz CT molecular complexity index is 586. The SMILES string of the molecule is O=C(O)c1nc2sccc2c(=O)n1CO. The van der Waals surface area contributed by atoms with Crippen LogP contribution in [0.1, 0.15) is 10.6 Å². The van der Waals surface area contributed by atoms with Gasteiger partial charge in [0.2, 0.25) is 5.82 Å². The molecule has 0 atom stereocenters. The molecule has 0 aliphatic carbocycles. The van der Waals surface area contributed by atoms with E-state index in [-0.39, 0.29) is 0 Å². The van der Waals surface area contributed by atoms with Gasteiger partial charge in [0.05, 0.1) is 5.39 Å². The van der Waals surface area contributed by atoms with Gasteiger partial charge in [-0.25, -0.2) is 9.78 Å². The molecule has 0 aromatic carbocycles. The average molecular weight is 226 g/mol. The Hall–Kier alpha value is -1.73. The Morgan fingerprint density at radius 3 is 2.93 bits per heavy atom. The zero-order valence-electron chi connectivity index (χ0n) is 7.38. The number of aliphatic hydroxyl groups excluding tert-OH is 1. The number of nitrogens with zero attached hydrogens (tertiary/aromatic N) is 2. The van der Waals surface area contributed by atoms with Crippen LogP contribution in [0.5, 0.6) is 0 Å². The summed E-state index contributed by atoms with van der Waals surface area (Å²) in [6.45, 7) is -0.695. The molecule has 7 heteroatoms. The monoisotopic (exact) mass is 226 g/mol. The predicted octanol–water partition coefficient (Wildman–Crippen LogP) is 0.106. The fourth-order valence-electron chi connectivity index (χ4n) is 1.24. The molecule has 0 radical (unpaired) electrons. The highest BCUT2D eigenvalue weighted by molar-refractivity contribution is 7.16. The molecule has 0 aliphatic heterocycles. The molecule has 0 aliphatic rings. The first-order valence-electron chi connectivity index (χ1n) is 3.97. The van der Waals surface area contributed by atoms with E-state index in [9.17, 15) is 9.59 Å². The number of aromatic nitrogens is 2. The van der Waals surface area contributed by atoms with Crippen molar-refractivity contribution in [3.8, 4) is 0 Å². The van der Waals surface area contributed by atoms with Crippen LogP contribution >= 0.6 is 11.3 Å². The van der Waals surface area contributed by atoms with E-state index >= 15 is 0 Å². The Morgan fingerprint density at radius 1 is 1.60 bits per heavy atom. The molecule has 78 valence electrons. The first-order valence-corrected chi connectivity index (χ1v) is 4.85. The van der Waals surface area contributed by atoms with Crippen molar-refractivity contribution in [1.29, 1.82) is 0 Å². The second kappa shape index (κ2) is 3.44. The van der Waals surface area contributed by atoms with Gasteiger partial charge in [-0.3, -0.25) is 9.36 Å². The lowest BCUT2D eigenvalue weighted by Crippen LogP contribution is -2.27. The van der Waals surface area contributed by atoms with Crippen molar-refractivity contribution in [1.82, 2.24) is 9.55 Å². The van der Waals surface area contributed by atoms with E-state index in [1.165, 1.54) is 11.3 Å². The van der Waals surface area contributed by atoms with Crippen molar-refractivity contribution in [2.24, 2.45) is 0 Å². The van der Waals surface area contributed by atoms with Crippen LogP contribution in [0.2, 0.25) is 0 Å². The molecule has 0 bridgehead atoms. The molecular weight excluding hydrogens is 220 g/mol. The summed E-state index contributed by atoms with van der Waals surface area (Å²) in [6.07, 6.45) is 0. The molecule has 15 heavy (non-hydrogen) atoms. The minimum atomic E-state index is -1.34. The van der Waals surface area contributed by atoms with E-state index in [0.29, 0.717) is 10.2 Å². The zero-order chi connectivity index (χ0) is 11.0. The highest BCUT2D eigenvalue weighted by atomic mass is 32.1. The van der Waals surface area contributed by atoms with Gasteiger partial charge in [0.1, 0.15) is 11.6 Å². The summed E-state index contributed by atoms with van der Waals surface area (Å²) in [5, 5.41) is 19.7. The third-order valence-corrected chi connectivity index (χ3v) is 2.72. The van der Waals surface area contributed by atoms with E-state index < -0.39 is 24.1 Å². The molecule has 0 saturated carbocycles. The van der Waals surface area contributed by atoms with Crippen molar-refractivity contribution in [2.45, 2.75) is 6.73 Å². The molecule has 2 aromatic rings. The van der Waals surface area contributed by atoms with Crippen LogP contribution in [-0.4, -0.2) is 25.7 Å². The van der Waals surface area contributed by atoms with Gasteiger partial charge in [-0.05, 0) is 11.4 Å². The van der Waals surface area contributed by atoms with Gasteiger partial charge in [-0.1, -0.05) is 0 Å². The van der Waals surface area contributed by atoms with Crippen molar-refractivity contribution in [2.75, 3.05) is 0 Å². The number of fused-ring (bicyclic) bond motifs is 1. The van der Waals surface area contributed by atoms with Gasteiger partial charge in [-0.15, -0.1) is 11.3 Å². The summed E-state index contributed by atoms with van der Waals surface area (Å²) < 4.78 is 0.720. The number of hydrogen-bond acceptors (Lipinski definition) is 5. The summed E-state index contributed by atoms with van der Waals surface area (Å²) >= 11 is 1.18. The number of carbonyl (C=O) groups is 1. The average Bonchev–Trinajstić information content (AvgIpc) is 2.65. The van der Waals surface area contributed by atoms with Crippen molar-refractivity contribution < 1.29 is 15.0 Å². The molecule has 2 aromatic heterocycles. The minimum Gasteiger partial charge on any atom is -0.475 e. The highest BCUT2D eigenvalue weighted by Crippen LogP contribution is 2.14. The number of aliphatic hydroxyl groups is 1. The summed E-state index contributed by atoms with van der Waals surface area (Å²) in [5.74, 6) is -1.78. The van der Waals surface area contributed by atoms with Gasteiger partial charge in [0, 0.05) is 0 Å². The molecule has 0 fully saturated rings. The normalized spacial score (nSPS) is 10.7. The molecule has 0 unspecified atom stereocenters. The third kappa shape index (κ3) is 1.41. The molecule has 2 heterocycles. The second-order valence-corrected chi connectivity index (χ2v) is 3.65. The smallest absolute Gasteiger partial charge is 0.372 e. The van der Waals surface area contributed by atoms with Crippen LogP contribution in [-0.2, 0) is 6.73 Å². The second-order valence-electron chi connectivity index (χ2n) is 2.75. The molecule has 2 rings (SSSR count). The van der Waals surface area contributed by atoms with Crippen LogP contribution in [0.4, 0.5) is 0 Å². The van der Waals surface area contributed by atoms with E-state index in [4.69, 9.17) is 10.2 Å². The summed E-state index contributed by atoms with van der Waals surface area (Å²) in [5.41, 5.74) is -0.541. The Morgan fingerprint density at radius 2 is 2.33 bits per heavy atom. The molecule has 0 saturated heterocycles. The summed E-state index contributed by atoms with van der Waals surface area (Å²) in [4.78, 5) is 26.6. The van der Waals surface area contributed by atoms with Gasteiger partial charge in [0.15, 0.2) is 0 Å². The molecule has 0 amide bonds. The van der Waals surface area contributed by atoms with Gasteiger partial charge >= 0.3 is 5.97 Å². The maximum absolute atomic E-state index is 11.7. The summed E-state index contributed by atoms with van der Waals surface area (Å²) in [6, 6.07) is 1.55. The van der Waals surface area contributed by atoms with E-state index in [1.54, 1.807) is 11.4 Å². The number of aromatic carboxylic acids is 1.